The number of aliphatic imine (C=N–C) groups is 1. The van der Waals surface area contributed by atoms with Gasteiger partial charge < -0.3 is 20.5 Å². The Labute approximate surface area is 175 Å². The average Bonchev–Trinajstić information content (AvgIpc) is 2.62. The van der Waals surface area contributed by atoms with Crippen LogP contribution in [0.25, 0.3) is 0 Å². The molecule has 5 nitrogen and oxygen atoms in total. The summed E-state index contributed by atoms with van der Waals surface area (Å²) in [5.41, 5.74) is 0.0519. The smallest absolute Gasteiger partial charge is 0.422 e. The molecule has 0 spiro atoms. The van der Waals surface area contributed by atoms with E-state index in [2.05, 4.69) is 20.4 Å². The second-order valence-corrected chi connectivity index (χ2v) is 6.03. The van der Waals surface area contributed by atoms with Crippen molar-refractivity contribution in [2.45, 2.75) is 51.9 Å². The van der Waals surface area contributed by atoms with Crippen molar-refractivity contribution in [1.29, 1.82) is 0 Å². The first-order chi connectivity index (χ1) is 12.2. The minimum absolute atomic E-state index is 0. The zero-order valence-electron chi connectivity index (χ0n) is 15.9. The van der Waals surface area contributed by atoms with Gasteiger partial charge in [0.1, 0.15) is 5.75 Å². The van der Waals surface area contributed by atoms with Crippen LogP contribution in [0.1, 0.15) is 39.2 Å². The molecule has 1 rings (SSSR count). The van der Waals surface area contributed by atoms with Crippen LogP contribution in [0.2, 0.25) is 0 Å². The van der Waals surface area contributed by atoms with Gasteiger partial charge in [0.15, 0.2) is 12.6 Å². The van der Waals surface area contributed by atoms with Gasteiger partial charge in [0.2, 0.25) is 0 Å². The van der Waals surface area contributed by atoms with Crippen LogP contribution in [0, 0.1) is 0 Å². The number of nitrogens with zero attached hydrogens (tertiary/aromatic N) is 1. The normalized spacial score (nSPS) is 12.3. The molecule has 0 aliphatic heterocycles. The molecule has 3 N–H and O–H groups in total. The zero-order chi connectivity index (χ0) is 19.6. The Hall–Kier alpha value is -1.23. The van der Waals surface area contributed by atoms with Gasteiger partial charge in [-0.1, -0.05) is 26.0 Å². The average molecular weight is 503 g/mol. The number of benzene rings is 1. The molecule has 0 amide bonds. The maximum Gasteiger partial charge on any atom is 0.422 e. The number of hydrogen-bond acceptors (Lipinski definition) is 3. The number of aliphatic hydroxyl groups is 1. The van der Waals surface area contributed by atoms with Gasteiger partial charge in [-0.25, -0.2) is 4.99 Å². The summed E-state index contributed by atoms with van der Waals surface area (Å²) < 4.78 is 41.1. The summed E-state index contributed by atoms with van der Waals surface area (Å²) in [5, 5.41) is 16.6. The minimum atomic E-state index is -4.35. The number of guanidine groups is 1. The lowest BCUT2D eigenvalue weighted by atomic mass is 9.98. The highest BCUT2D eigenvalue weighted by molar-refractivity contribution is 14.0. The van der Waals surface area contributed by atoms with E-state index in [1.54, 1.807) is 12.1 Å². The van der Waals surface area contributed by atoms with E-state index in [0.29, 0.717) is 38.4 Å². The topological polar surface area (TPSA) is 65.9 Å². The maximum absolute atomic E-state index is 12.1. The fourth-order valence-corrected chi connectivity index (χ4v) is 2.12. The summed E-state index contributed by atoms with van der Waals surface area (Å²) in [6, 6.07) is 6.33. The minimum Gasteiger partial charge on any atom is -0.484 e. The van der Waals surface area contributed by atoms with Crippen molar-refractivity contribution < 1.29 is 23.0 Å². The van der Waals surface area contributed by atoms with Crippen molar-refractivity contribution in [2.75, 3.05) is 19.7 Å². The van der Waals surface area contributed by atoms with Crippen molar-refractivity contribution >= 4 is 29.9 Å². The fraction of sp³-hybridized carbons (Fsp3) is 0.611. The number of rotatable bonds is 9. The summed E-state index contributed by atoms with van der Waals surface area (Å²) in [4.78, 5) is 4.43. The monoisotopic (exact) mass is 503 g/mol. The molecular weight excluding hydrogens is 474 g/mol. The molecule has 156 valence electrons. The molecular formula is C18H29F3IN3O2. The highest BCUT2D eigenvalue weighted by Gasteiger charge is 2.28. The van der Waals surface area contributed by atoms with Crippen LogP contribution < -0.4 is 15.4 Å². The molecule has 27 heavy (non-hydrogen) atoms. The Morgan fingerprint density at radius 1 is 1.07 bits per heavy atom. The highest BCUT2D eigenvalue weighted by atomic mass is 127. The van der Waals surface area contributed by atoms with E-state index in [9.17, 15) is 18.3 Å². The van der Waals surface area contributed by atoms with Crippen LogP contribution in [0.5, 0.6) is 5.75 Å². The van der Waals surface area contributed by atoms with Gasteiger partial charge in [-0.15, -0.1) is 24.0 Å². The predicted octanol–water partition coefficient (Wildman–Crippen LogP) is 3.85. The Morgan fingerprint density at radius 3 is 2.15 bits per heavy atom. The first-order valence-electron chi connectivity index (χ1n) is 8.74. The van der Waals surface area contributed by atoms with Gasteiger partial charge in [0, 0.05) is 13.1 Å². The lowest BCUT2D eigenvalue weighted by molar-refractivity contribution is -0.153. The number of alkyl halides is 3. The fourth-order valence-electron chi connectivity index (χ4n) is 2.12. The van der Waals surface area contributed by atoms with Gasteiger partial charge in [0.25, 0.3) is 0 Å². The molecule has 1 aromatic carbocycles. The summed E-state index contributed by atoms with van der Waals surface area (Å²) in [5.74, 6) is 0.737. The van der Waals surface area contributed by atoms with Gasteiger partial charge in [0.05, 0.1) is 12.1 Å². The van der Waals surface area contributed by atoms with Crippen molar-refractivity contribution in [3.8, 4) is 5.75 Å². The van der Waals surface area contributed by atoms with E-state index >= 15 is 0 Å². The van der Waals surface area contributed by atoms with E-state index in [1.165, 1.54) is 12.1 Å². The third-order valence-electron chi connectivity index (χ3n) is 3.99. The number of ether oxygens (including phenoxy) is 1. The van der Waals surface area contributed by atoms with Crippen molar-refractivity contribution in [3.63, 3.8) is 0 Å². The molecule has 0 saturated heterocycles. The molecule has 1 aromatic rings. The first-order valence-corrected chi connectivity index (χ1v) is 8.74. The Bertz CT molecular complexity index is 562. The van der Waals surface area contributed by atoms with Gasteiger partial charge in [-0.3, -0.25) is 0 Å². The van der Waals surface area contributed by atoms with E-state index in [1.807, 2.05) is 20.8 Å². The molecule has 0 aliphatic rings. The van der Waals surface area contributed by atoms with Crippen LogP contribution in [-0.2, 0) is 6.54 Å². The Balaban J connectivity index is 0.00000676. The van der Waals surface area contributed by atoms with E-state index < -0.39 is 18.4 Å². The first kappa shape index (κ1) is 25.8. The Kier molecular flexibility index (Phi) is 11.7. The second kappa shape index (κ2) is 12.3. The van der Waals surface area contributed by atoms with Crippen molar-refractivity contribution in [1.82, 2.24) is 10.6 Å². The van der Waals surface area contributed by atoms with Crippen LogP contribution in [0.3, 0.4) is 0 Å². The molecule has 0 fully saturated rings. The maximum atomic E-state index is 12.1. The molecule has 0 aliphatic carbocycles. The predicted molar refractivity (Wildman–Crippen MR) is 112 cm³/mol. The summed E-state index contributed by atoms with van der Waals surface area (Å²) in [6.07, 6.45) is -3.08. The number of nitrogens with one attached hydrogen (secondary N) is 2. The van der Waals surface area contributed by atoms with Crippen LogP contribution >= 0.6 is 24.0 Å². The van der Waals surface area contributed by atoms with Crippen LogP contribution in [0.4, 0.5) is 13.2 Å². The van der Waals surface area contributed by atoms with Crippen LogP contribution in [0.15, 0.2) is 29.3 Å². The van der Waals surface area contributed by atoms with Gasteiger partial charge >= 0.3 is 6.18 Å². The largest absolute Gasteiger partial charge is 0.484 e. The molecule has 0 atom stereocenters. The molecule has 0 aromatic heterocycles. The summed E-state index contributed by atoms with van der Waals surface area (Å²) in [7, 11) is 0. The standard InChI is InChI=1S/C18H28F3N3O2.HI/c1-4-17(25,5-2)12-24-16(22-6-3)23-11-14-7-9-15(10-8-14)26-13-18(19,20)21;/h7-10,25H,4-6,11-13H2,1-3H3,(H2,22,23,24);1H. The molecule has 0 radical (unpaired) electrons. The highest BCUT2D eigenvalue weighted by Crippen LogP contribution is 2.19. The second-order valence-electron chi connectivity index (χ2n) is 6.03. The molecule has 9 heteroatoms. The molecule has 0 unspecified atom stereocenters. The van der Waals surface area contributed by atoms with Crippen molar-refractivity contribution in [3.05, 3.63) is 29.8 Å². The third kappa shape index (κ3) is 10.6. The lowest BCUT2D eigenvalue weighted by Crippen LogP contribution is -2.46. The molecule has 0 heterocycles. The number of halogens is 4. The third-order valence-corrected chi connectivity index (χ3v) is 3.99. The summed E-state index contributed by atoms with van der Waals surface area (Å²) in [6.45, 7) is 5.90. The number of hydrogen-bond donors (Lipinski definition) is 3. The van der Waals surface area contributed by atoms with E-state index in [-0.39, 0.29) is 29.7 Å². The van der Waals surface area contributed by atoms with Crippen LogP contribution in [-0.4, -0.2) is 42.5 Å². The lowest BCUT2D eigenvalue weighted by Gasteiger charge is -2.26. The van der Waals surface area contributed by atoms with Gasteiger partial charge in [-0.05, 0) is 37.5 Å². The molecule has 0 bridgehead atoms. The van der Waals surface area contributed by atoms with E-state index in [0.717, 1.165) is 5.56 Å². The Morgan fingerprint density at radius 2 is 1.67 bits per heavy atom. The zero-order valence-corrected chi connectivity index (χ0v) is 18.2. The van der Waals surface area contributed by atoms with Crippen molar-refractivity contribution in [2.24, 2.45) is 4.99 Å². The SMILES string of the molecule is CCNC(=NCc1ccc(OCC(F)(F)F)cc1)NCC(O)(CC)CC.I. The summed E-state index contributed by atoms with van der Waals surface area (Å²) >= 11 is 0. The van der Waals surface area contributed by atoms with E-state index in [4.69, 9.17) is 0 Å². The quantitative estimate of drug-likeness (QED) is 0.272. The molecule has 0 saturated carbocycles. The van der Waals surface area contributed by atoms with Gasteiger partial charge in [-0.2, -0.15) is 13.2 Å².